The van der Waals surface area contributed by atoms with E-state index in [9.17, 15) is 10.1 Å². The number of rotatable bonds is 4. The van der Waals surface area contributed by atoms with Gasteiger partial charge in [0.25, 0.3) is 0 Å². The summed E-state index contributed by atoms with van der Waals surface area (Å²) in [6.45, 7) is 2.01. The van der Waals surface area contributed by atoms with E-state index in [1.807, 2.05) is 47.3 Å². The second-order valence-electron chi connectivity index (χ2n) is 8.91. The van der Waals surface area contributed by atoms with Gasteiger partial charge in [-0.1, -0.05) is 36.4 Å². The van der Waals surface area contributed by atoms with Crippen LogP contribution in [0.4, 0.5) is 4.79 Å². The first-order valence-electron chi connectivity index (χ1n) is 11.6. The Morgan fingerprint density at radius 3 is 2.73 bits per heavy atom. The number of hydrogen-bond acceptors (Lipinski definition) is 5. The Labute approximate surface area is 193 Å². The largest absolute Gasteiger partial charge is 0.445 e. The van der Waals surface area contributed by atoms with Gasteiger partial charge < -0.3 is 14.4 Å². The molecule has 0 radical (unpaired) electrons. The van der Waals surface area contributed by atoms with Crippen LogP contribution in [0.15, 0.2) is 54.7 Å². The van der Waals surface area contributed by atoms with Crippen LogP contribution in [0, 0.1) is 11.3 Å². The van der Waals surface area contributed by atoms with Gasteiger partial charge in [0, 0.05) is 25.1 Å². The van der Waals surface area contributed by atoms with Crippen molar-refractivity contribution in [3.05, 3.63) is 65.9 Å². The number of carbonyl (C=O) groups is 1. The molecule has 2 fully saturated rings. The first-order chi connectivity index (χ1) is 16.2. The van der Waals surface area contributed by atoms with Crippen molar-refractivity contribution in [2.75, 3.05) is 19.7 Å². The Morgan fingerprint density at radius 1 is 1.18 bits per heavy atom. The average molecular weight is 445 g/mol. The molecule has 7 heteroatoms. The summed E-state index contributed by atoms with van der Waals surface area (Å²) in [6, 6.07) is 18.4. The summed E-state index contributed by atoms with van der Waals surface area (Å²) in [5, 5.41) is 15.7. The molecule has 0 bridgehead atoms. The third-order valence-electron chi connectivity index (χ3n) is 6.87. The predicted molar refractivity (Wildman–Crippen MR) is 123 cm³/mol. The van der Waals surface area contributed by atoms with Crippen LogP contribution in [0.3, 0.4) is 0 Å². The molecule has 33 heavy (non-hydrogen) atoms. The van der Waals surface area contributed by atoms with E-state index in [0.29, 0.717) is 25.9 Å². The number of piperidine rings is 1. The van der Waals surface area contributed by atoms with E-state index in [1.165, 1.54) is 0 Å². The molecule has 0 spiro atoms. The lowest BCUT2D eigenvalue weighted by atomic mass is 9.74. The topological polar surface area (TPSA) is 80.4 Å². The third-order valence-corrected chi connectivity index (χ3v) is 6.87. The maximum atomic E-state index is 12.5. The number of likely N-dealkylation sites (tertiary alicyclic amines) is 1. The smallest absolute Gasteiger partial charge is 0.410 e. The number of benzene rings is 2. The Bertz CT molecular complexity index is 1150. The minimum absolute atomic E-state index is 0.0165. The summed E-state index contributed by atoms with van der Waals surface area (Å²) in [5.41, 5.74) is 2.36. The van der Waals surface area contributed by atoms with E-state index < -0.39 is 5.41 Å². The molecule has 3 aromatic rings. The van der Waals surface area contributed by atoms with E-state index >= 15 is 0 Å². The molecule has 7 nitrogen and oxygen atoms in total. The van der Waals surface area contributed by atoms with Gasteiger partial charge in [-0.15, -0.1) is 0 Å². The van der Waals surface area contributed by atoms with E-state index in [2.05, 4.69) is 23.3 Å². The van der Waals surface area contributed by atoms with E-state index in [0.717, 1.165) is 47.9 Å². The summed E-state index contributed by atoms with van der Waals surface area (Å²) in [4.78, 5) is 14.2. The molecule has 2 aliphatic rings. The van der Waals surface area contributed by atoms with E-state index in [-0.39, 0.29) is 18.9 Å². The molecule has 1 aromatic heterocycles. The molecule has 5 rings (SSSR count). The van der Waals surface area contributed by atoms with Crippen LogP contribution in [0.5, 0.6) is 0 Å². The second kappa shape index (κ2) is 9.24. The minimum Gasteiger partial charge on any atom is -0.445 e. The molecule has 2 aliphatic heterocycles. The number of carbonyl (C=O) groups excluding carboxylic acids is 1. The van der Waals surface area contributed by atoms with Crippen molar-refractivity contribution in [1.82, 2.24) is 14.7 Å². The zero-order valence-corrected chi connectivity index (χ0v) is 18.7. The monoisotopic (exact) mass is 444 g/mol. The van der Waals surface area contributed by atoms with Crippen LogP contribution < -0.4 is 0 Å². The minimum atomic E-state index is -0.617. The molecular formula is C26H28N4O3. The van der Waals surface area contributed by atoms with Crippen molar-refractivity contribution >= 4 is 17.0 Å². The lowest BCUT2D eigenvalue weighted by molar-refractivity contribution is -0.0366. The lowest BCUT2D eigenvalue weighted by Crippen LogP contribution is -2.44. The number of hydrogen-bond donors (Lipinski definition) is 0. The van der Waals surface area contributed by atoms with Crippen LogP contribution in [-0.4, -0.2) is 40.5 Å². The molecular weight excluding hydrogens is 416 g/mol. The van der Waals surface area contributed by atoms with Gasteiger partial charge in [-0.2, -0.15) is 10.4 Å². The number of amides is 1. The van der Waals surface area contributed by atoms with Crippen LogP contribution in [0.1, 0.15) is 49.5 Å². The quantitative estimate of drug-likeness (QED) is 0.570. The number of fused-ring (bicyclic) bond motifs is 1. The molecule has 1 unspecified atom stereocenters. The van der Waals surface area contributed by atoms with Gasteiger partial charge in [0.05, 0.1) is 23.2 Å². The number of aromatic nitrogens is 2. The fourth-order valence-electron chi connectivity index (χ4n) is 4.84. The highest BCUT2D eigenvalue weighted by molar-refractivity contribution is 5.80. The van der Waals surface area contributed by atoms with Crippen molar-refractivity contribution in [2.24, 2.45) is 0 Å². The van der Waals surface area contributed by atoms with Gasteiger partial charge in [0.1, 0.15) is 6.61 Å². The van der Waals surface area contributed by atoms with Crippen LogP contribution in [0.2, 0.25) is 0 Å². The third kappa shape index (κ3) is 4.31. The van der Waals surface area contributed by atoms with Crippen molar-refractivity contribution in [2.45, 2.75) is 50.4 Å². The molecule has 3 heterocycles. The zero-order chi connectivity index (χ0) is 22.7. The maximum Gasteiger partial charge on any atom is 0.410 e. The number of nitriles is 1. The molecule has 2 aromatic carbocycles. The molecule has 170 valence electrons. The predicted octanol–water partition coefficient (Wildman–Crippen LogP) is 4.93. The van der Waals surface area contributed by atoms with Gasteiger partial charge in [-0.3, -0.25) is 0 Å². The zero-order valence-electron chi connectivity index (χ0n) is 18.7. The van der Waals surface area contributed by atoms with Gasteiger partial charge in [-0.05, 0) is 55.4 Å². The highest BCUT2D eigenvalue weighted by Crippen LogP contribution is 2.37. The van der Waals surface area contributed by atoms with Gasteiger partial charge in [0.15, 0.2) is 6.23 Å². The fraction of sp³-hybridized carbons (Fsp3) is 0.423. The normalized spacial score (nSPS) is 20.3. The van der Waals surface area contributed by atoms with Crippen molar-refractivity contribution in [3.8, 4) is 6.07 Å². The Hall–Kier alpha value is -3.37. The SMILES string of the molecule is N#CC1(c2ccc3c(cnn3C3CCCCO3)c2)CCN(C(=O)OCc2ccccc2)CC1. The van der Waals surface area contributed by atoms with Gasteiger partial charge >= 0.3 is 6.09 Å². The van der Waals surface area contributed by atoms with Crippen LogP contribution in [0.25, 0.3) is 10.9 Å². The maximum absolute atomic E-state index is 12.5. The van der Waals surface area contributed by atoms with Gasteiger partial charge in [-0.25, -0.2) is 9.48 Å². The standard InChI is InChI=1S/C26H28N4O3/c27-19-26(11-13-29(14-12-26)25(31)33-18-20-6-2-1-3-7-20)22-9-10-23-21(16-22)17-28-30(23)24-8-4-5-15-32-24/h1-3,6-7,9-10,16-17,24H,4-5,8,11-15,18H2. The van der Waals surface area contributed by atoms with E-state index in [1.54, 1.807) is 4.90 Å². The summed E-state index contributed by atoms with van der Waals surface area (Å²) < 4.78 is 13.3. The summed E-state index contributed by atoms with van der Waals surface area (Å²) in [5.74, 6) is 0. The fourth-order valence-corrected chi connectivity index (χ4v) is 4.84. The molecule has 1 atom stereocenters. The number of nitrogens with zero attached hydrogens (tertiary/aromatic N) is 4. The highest BCUT2D eigenvalue weighted by Gasteiger charge is 2.38. The lowest BCUT2D eigenvalue weighted by Gasteiger charge is -2.37. The second-order valence-corrected chi connectivity index (χ2v) is 8.91. The van der Waals surface area contributed by atoms with Gasteiger partial charge in [0.2, 0.25) is 0 Å². The molecule has 2 saturated heterocycles. The van der Waals surface area contributed by atoms with Crippen LogP contribution in [-0.2, 0) is 21.5 Å². The molecule has 0 N–H and O–H groups in total. The van der Waals surface area contributed by atoms with Crippen LogP contribution >= 0.6 is 0 Å². The molecule has 1 amide bonds. The van der Waals surface area contributed by atoms with Crippen molar-refractivity contribution < 1.29 is 14.3 Å². The first kappa shape index (κ1) is 21.5. The summed E-state index contributed by atoms with van der Waals surface area (Å²) in [6.07, 6.45) is 5.89. The Morgan fingerprint density at radius 2 is 2.00 bits per heavy atom. The summed E-state index contributed by atoms with van der Waals surface area (Å²) >= 11 is 0. The van der Waals surface area contributed by atoms with Crippen molar-refractivity contribution in [1.29, 1.82) is 5.26 Å². The van der Waals surface area contributed by atoms with E-state index in [4.69, 9.17) is 9.47 Å². The Balaban J connectivity index is 1.27. The number of ether oxygens (including phenoxy) is 2. The molecule has 0 saturated carbocycles. The Kier molecular flexibility index (Phi) is 6.01. The first-order valence-corrected chi connectivity index (χ1v) is 11.6. The summed E-state index contributed by atoms with van der Waals surface area (Å²) in [7, 11) is 0. The highest BCUT2D eigenvalue weighted by atomic mass is 16.6. The molecule has 0 aliphatic carbocycles. The average Bonchev–Trinajstić information content (AvgIpc) is 3.32. The van der Waals surface area contributed by atoms with Crippen molar-refractivity contribution in [3.63, 3.8) is 0 Å².